The van der Waals surface area contributed by atoms with E-state index in [-0.39, 0.29) is 0 Å². The zero-order valence-electron chi connectivity index (χ0n) is 9.19. The maximum absolute atomic E-state index is 10.4. The Kier molecular flexibility index (Phi) is 3.97. The van der Waals surface area contributed by atoms with Crippen LogP contribution in [0.2, 0.25) is 0 Å². The Bertz CT molecular complexity index is 339. The van der Waals surface area contributed by atoms with E-state index in [2.05, 4.69) is 0 Å². The molecule has 4 heteroatoms. The van der Waals surface area contributed by atoms with Crippen LogP contribution in [0.15, 0.2) is 18.2 Å². The van der Waals surface area contributed by atoms with Crippen molar-refractivity contribution in [3.8, 4) is 11.5 Å². The second-order valence-corrected chi connectivity index (χ2v) is 3.08. The largest absolute Gasteiger partial charge is 0.497 e. The molecule has 0 amide bonds. The van der Waals surface area contributed by atoms with Crippen LogP contribution in [0.25, 0.3) is 0 Å². The van der Waals surface area contributed by atoms with Gasteiger partial charge in [0.15, 0.2) is 0 Å². The molecular formula is C11H15NO3. The lowest BCUT2D eigenvalue weighted by Crippen LogP contribution is -2.19. The molecule has 4 nitrogen and oxygen atoms in total. The summed E-state index contributed by atoms with van der Waals surface area (Å²) in [6.07, 6.45) is 0.851. The number of rotatable bonds is 5. The van der Waals surface area contributed by atoms with Gasteiger partial charge in [0.2, 0.25) is 0 Å². The van der Waals surface area contributed by atoms with Gasteiger partial charge in [-0.05, 0) is 12.1 Å². The van der Waals surface area contributed by atoms with E-state index in [0.717, 1.165) is 17.7 Å². The number of carbonyl (C=O) groups excluding carboxylic acids is 1. The van der Waals surface area contributed by atoms with Crippen molar-refractivity contribution in [1.29, 1.82) is 0 Å². The minimum absolute atomic E-state index is 0.336. The fourth-order valence-corrected chi connectivity index (χ4v) is 1.31. The summed E-state index contributed by atoms with van der Waals surface area (Å²) in [6, 6.07) is 5.48. The first-order valence-electron chi connectivity index (χ1n) is 4.59. The summed E-state index contributed by atoms with van der Waals surface area (Å²) in [5.74, 6) is 1.42. The van der Waals surface area contributed by atoms with Crippen molar-refractivity contribution in [1.82, 2.24) is 0 Å². The van der Waals surface area contributed by atoms with Crippen LogP contribution in [0.1, 0.15) is 0 Å². The highest BCUT2D eigenvalue weighted by atomic mass is 16.5. The zero-order chi connectivity index (χ0) is 11.3. The van der Waals surface area contributed by atoms with Crippen LogP contribution < -0.4 is 14.4 Å². The Labute approximate surface area is 89.4 Å². The lowest BCUT2D eigenvalue weighted by Gasteiger charge is -2.19. The summed E-state index contributed by atoms with van der Waals surface area (Å²) in [7, 11) is 5.02. The van der Waals surface area contributed by atoms with Gasteiger partial charge in [0.25, 0.3) is 0 Å². The number of methoxy groups -OCH3 is 2. The molecule has 0 saturated carbocycles. The molecular weight excluding hydrogens is 194 g/mol. The molecule has 0 radical (unpaired) electrons. The minimum atomic E-state index is 0.336. The molecule has 0 spiro atoms. The Morgan fingerprint density at radius 2 is 2.07 bits per heavy atom. The number of carbonyl (C=O) groups is 1. The molecule has 15 heavy (non-hydrogen) atoms. The van der Waals surface area contributed by atoms with Gasteiger partial charge in [-0.2, -0.15) is 0 Å². The fourth-order valence-electron chi connectivity index (χ4n) is 1.31. The molecule has 82 valence electrons. The third kappa shape index (κ3) is 2.62. The third-order valence-electron chi connectivity index (χ3n) is 2.15. The maximum Gasteiger partial charge on any atom is 0.145 e. The first-order valence-corrected chi connectivity index (χ1v) is 4.59. The second-order valence-electron chi connectivity index (χ2n) is 3.08. The molecule has 0 bridgehead atoms. The highest BCUT2D eigenvalue weighted by Crippen LogP contribution is 2.31. The van der Waals surface area contributed by atoms with Crippen LogP contribution in [0.3, 0.4) is 0 Å². The van der Waals surface area contributed by atoms with E-state index >= 15 is 0 Å². The Morgan fingerprint density at radius 1 is 1.33 bits per heavy atom. The first kappa shape index (κ1) is 11.4. The van der Waals surface area contributed by atoms with Crippen LogP contribution in [-0.4, -0.2) is 34.1 Å². The van der Waals surface area contributed by atoms with Crippen molar-refractivity contribution in [3.05, 3.63) is 18.2 Å². The highest BCUT2D eigenvalue weighted by molar-refractivity contribution is 5.66. The van der Waals surface area contributed by atoms with Gasteiger partial charge < -0.3 is 19.2 Å². The van der Waals surface area contributed by atoms with Crippen LogP contribution >= 0.6 is 0 Å². The van der Waals surface area contributed by atoms with E-state index in [4.69, 9.17) is 9.47 Å². The quantitative estimate of drug-likeness (QED) is 0.686. The standard InChI is InChI=1S/C11H15NO3/c1-12(6-7-13)10-5-4-9(14-2)8-11(10)15-3/h4-5,7-8H,6H2,1-3H3. The van der Waals surface area contributed by atoms with E-state index in [1.165, 1.54) is 0 Å². The van der Waals surface area contributed by atoms with Gasteiger partial charge in [-0.3, -0.25) is 0 Å². The monoisotopic (exact) mass is 209 g/mol. The average molecular weight is 209 g/mol. The summed E-state index contributed by atoms with van der Waals surface area (Å²) < 4.78 is 10.3. The average Bonchev–Trinajstić information content (AvgIpc) is 2.28. The smallest absolute Gasteiger partial charge is 0.145 e. The van der Waals surface area contributed by atoms with Gasteiger partial charge in [0, 0.05) is 13.1 Å². The van der Waals surface area contributed by atoms with Crippen molar-refractivity contribution < 1.29 is 14.3 Å². The second kappa shape index (κ2) is 5.24. The number of nitrogens with zero attached hydrogens (tertiary/aromatic N) is 1. The molecule has 1 aromatic rings. The predicted octanol–water partition coefficient (Wildman–Crippen LogP) is 1.34. The molecule has 0 aromatic heterocycles. The van der Waals surface area contributed by atoms with E-state index < -0.39 is 0 Å². The lowest BCUT2D eigenvalue weighted by atomic mass is 10.2. The summed E-state index contributed by atoms with van der Waals surface area (Å²) >= 11 is 0. The van der Waals surface area contributed by atoms with E-state index in [1.54, 1.807) is 20.3 Å². The van der Waals surface area contributed by atoms with Crippen molar-refractivity contribution in [2.75, 3.05) is 32.7 Å². The molecule has 0 fully saturated rings. The molecule has 0 aliphatic heterocycles. The van der Waals surface area contributed by atoms with Gasteiger partial charge in [0.1, 0.15) is 17.8 Å². The molecule has 0 unspecified atom stereocenters. The number of hydrogen-bond acceptors (Lipinski definition) is 4. The van der Waals surface area contributed by atoms with Crippen LogP contribution in [-0.2, 0) is 4.79 Å². The third-order valence-corrected chi connectivity index (χ3v) is 2.15. The van der Waals surface area contributed by atoms with Crippen molar-refractivity contribution >= 4 is 12.0 Å². The summed E-state index contributed by atoms with van der Waals surface area (Å²) in [6.45, 7) is 0.336. The number of ether oxygens (including phenoxy) is 2. The summed E-state index contributed by atoms with van der Waals surface area (Å²) in [5.41, 5.74) is 0.866. The van der Waals surface area contributed by atoms with Gasteiger partial charge in [-0.15, -0.1) is 0 Å². The molecule has 0 aliphatic rings. The van der Waals surface area contributed by atoms with E-state index in [1.807, 2.05) is 24.1 Å². The summed E-state index contributed by atoms with van der Waals surface area (Å²) in [5, 5.41) is 0. The van der Waals surface area contributed by atoms with Crippen molar-refractivity contribution in [2.45, 2.75) is 0 Å². The zero-order valence-corrected chi connectivity index (χ0v) is 9.19. The number of aldehydes is 1. The Hall–Kier alpha value is -1.71. The summed E-state index contributed by atoms with van der Waals surface area (Å²) in [4.78, 5) is 12.2. The van der Waals surface area contributed by atoms with Gasteiger partial charge >= 0.3 is 0 Å². The van der Waals surface area contributed by atoms with Gasteiger partial charge in [-0.25, -0.2) is 0 Å². The SMILES string of the molecule is COc1ccc(N(C)CC=O)c(OC)c1. The Balaban J connectivity index is 3.01. The molecule has 0 heterocycles. The molecule has 0 N–H and O–H groups in total. The number of hydrogen-bond donors (Lipinski definition) is 0. The lowest BCUT2D eigenvalue weighted by molar-refractivity contribution is -0.106. The van der Waals surface area contributed by atoms with Crippen LogP contribution in [0.4, 0.5) is 5.69 Å². The minimum Gasteiger partial charge on any atom is -0.497 e. The van der Waals surface area contributed by atoms with E-state index in [0.29, 0.717) is 12.3 Å². The predicted molar refractivity (Wildman–Crippen MR) is 58.9 cm³/mol. The molecule has 1 aromatic carbocycles. The van der Waals surface area contributed by atoms with Crippen molar-refractivity contribution in [2.24, 2.45) is 0 Å². The number of likely N-dealkylation sites (N-methyl/N-ethyl adjacent to an activating group) is 1. The Morgan fingerprint density at radius 3 is 2.60 bits per heavy atom. The maximum atomic E-state index is 10.4. The normalized spacial score (nSPS) is 9.53. The molecule has 0 atom stereocenters. The number of anilines is 1. The van der Waals surface area contributed by atoms with E-state index in [9.17, 15) is 4.79 Å². The topological polar surface area (TPSA) is 38.8 Å². The van der Waals surface area contributed by atoms with Crippen LogP contribution in [0.5, 0.6) is 11.5 Å². The van der Waals surface area contributed by atoms with Crippen molar-refractivity contribution in [3.63, 3.8) is 0 Å². The van der Waals surface area contributed by atoms with Crippen LogP contribution in [0, 0.1) is 0 Å². The van der Waals surface area contributed by atoms with Gasteiger partial charge in [-0.1, -0.05) is 0 Å². The molecule has 0 aliphatic carbocycles. The molecule has 0 saturated heterocycles. The first-order chi connectivity index (χ1) is 7.22. The molecule has 1 rings (SSSR count). The fraction of sp³-hybridized carbons (Fsp3) is 0.364. The van der Waals surface area contributed by atoms with Gasteiger partial charge in [0.05, 0.1) is 26.5 Å². The highest BCUT2D eigenvalue weighted by Gasteiger charge is 2.08. The number of benzene rings is 1.